The summed E-state index contributed by atoms with van der Waals surface area (Å²) in [7, 11) is 0. The van der Waals surface area contributed by atoms with Crippen LogP contribution in [0.4, 0.5) is 0 Å². The average Bonchev–Trinajstić information content (AvgIpc) is 2.04. The first-order valence-electron chi connectivity index (χ1n) is 4.01. The molecule has 2 nitrogen and oxygen atoms in total. The third-order valence-corrected chi connectivity index (χ3v) is 1.86. The first-order chi connectivity index (χ1) is 5.61. The number of amides is 1. The third kappa shape index (κ3) is 3.26. The Morgan fingerprint density at radius 3 is 2.00 bits per heavy atom. The van der Waals surface area contributed by atoms with Gasteiger partial charge in [-0.3, -0.25) is 4.79 Å². The Morgan fingerprint density at radius 2 is 1.69 bits per heavy atom. The van der Waals surface area contributed by atoms with Crippen molar-refractivity contribution in [1.82, 2.24) is 0 Å². The normalized spacial score (nSPS) is 9.46. The molecule has 0 atom stereocenters. The molecule has 66 valence electrons. The van der Waals surface area contributed by atoms with Crippen LogP contribution in [0.3, 0.4) is 0 Å². The van der Waals surface area contributed by atoms with Gasteiger partial charge in [0.2, 0.25) is 5.91 Å². The Bertz CT molecular complexity index is 279. The Hall–Kier alpha value is -0.713. The van der Waals surface area contributed by atoms with Gasteiger partial charge in [-0.05, 0) is 23.6 Å². The number of benzene rings is 1. The van der Waals surface area contributed by atoms with Crippen LogP contribution in [0.25, 0.3) is 0 Å². The quantitative estimate of drug-likeness (QED) is 0.669. The predicted octanol–water partition coefficient (Wildman–Crippen LogP) is 1.26. The van der Waals surface area contributed by atoms with Crippen LogP contribution in [-0.2, 0) is 0 Å². The van der Waals surface area contributed by atoms with Gasteiger partial charge in [-0.2, -0.15) is 0 Å². The molecule has 0 bridgehead atoms. The molecule has 0 radical (unpaired) electrons. The summed E-state index contributed by atoms with van der Waals surface area (Å²) in [6.07, 6.45) is 0. The second-order valence-corrected chi connectivity index (χ2v) is 3.14. The molecule has 0 unspecified atom stereocenters. The van der Waals surface area contributed by atoms with Gasteiger partial charge in [-0.15, -0.1) is 0 Å². The molecule has 0 saturated carbocycles. The summed E-state index contributed by atoms with van der Waals surface area (Å²) in [4.78, 5) is 10.7. The fraction of sp³-hybridized carbons (Fsp3) is 0.300. The van der Waals surface area contributed by atoms with Crippen LogP contribution < -0.4 is 5.73 Å². The molecule has 0 aliphatic heterocycles. The predicted molar refractivity (Wildman–Crippen MR) is 56.2 cm³/mol. The van der Waals surface area contributed by atoms with E-state index in [2.05, 4.69) is 13.8 Å². The maximum absolute atomic E-state index is 10.7. The van der Waals surface area contributed by atoms with Crippen molar-refractivity contribution in [3.8, 4) is 0 Å². The number of rotatable bonds is 2. The number of primary amides is 1. The van der Waals surface area contributed by atoms with Gasteiger partial charge in [-0.1, -0.05) is 26.0 Å². The Kier molecular flexibility index (Phi) is 4.83. The first kappa shape index (κ1) is 12.3. The molecule has 13 heavy (non-hydrogen) atoms. The van der Waals surface area contributed by atoms with Crippen LogP contribution in [0.5, 0.6) is 0 Å². The molecule has 0 aromatic heterocycles. The number of hydrogen-bond acceptors (Lipinski definition) is 1. The van der Waals surface area contributed by atoms with E-state index in [1.165, 1.54) is 5.56 Å². The summed E-state index contributed by atoms with van der Waals surface area (Å²) < 4.78 is 0. The van der Waals surface area contributed by atoms with Crippen LogP contribution in [0.15, 0.2) is 24.3 Å². The fourth-order valence-electron chi connectivity index (χ4n) is 1.03. The van der Waals surface area contributed by atoms with Crippen molar-refractivity contribution in [2.24, 2.45) is 5.73 Å². The van der Waals surface area contributed by atoms with Crippen LogP contribution in [0, 0.1) is 0 Å². The van der Waals surface area contributed by atoms with Crippen molar-refractivity contribution < 1.29 is 4.79 Å². The minimum atomic E-state index is -0.370. The van der Waals surface area contributed by atoms with E-state index in [0.29, 0.717) is 11.5 Å². The SMILES string of the molecule is CC(C)c1ccc(C(N)=O)cc1.[LiH]. The van der Waals surface area contributed by atoms with E-state index in [4.69, 9.17) is 5.73 Å². The summed E-state index contributed by atoms with van der Waals surface area (Å²) in [5.41, 5.74) is 6.89. The summed E-state index contributed by atoms with van der Waals surface area (Å²) in [5.74, 6) is 0.122. The molecule has 0 aliphatic carbocycles. The van der Waals surface area contributed by atoms with Gasteiger partial charge in [0.05, 0.1) is 0 Å². The maximum atomic E-state index is 10.7. The Labute approximate surface area is 90.7 Å². The number of carbonyl (C=O) groups is 1. The van der Waals surface area contributed by atoms with Crippen molar-refractivity contribution >= 4 is 24.8 Å². The van der Waals surface area contributed by atoms with Gasteiger partial charge in [0.1, 0.15) is 0 Å². The molecule has 1 aromatic carbocycles. The van der Waals surface area contributed by atoms with E-state index in [-0.39, 0.29) is 24.8 Å². The Balaban J connectivity index is 0.00000144. The zero-order valence-corrected chi connectivity index (χ0v) is 7.37. The molecule has 0 aliphatic rings. The second kappa shape index (κ2) is 5.11. The van der Waals surface area contributed by atoms with E-state index in [1.807, 2.05) is 12.1 Å². The van der Waals surface area contributed by atoms with Gasteiger partial charge in [0.25, 0.3) is 0 Å². The zero-order valence-electron chi connectivity index (χ0n) is 7.37. The molecule has 2 N–H and O–H groups in total. The monoisotopic (exact) mass is 171 g/mol. The van der Waals surface area contributed by atoms with Gasteiger partial charge in [-0.25, -0.2) is 0 Å². The first-order valence-corrected chi connectivity index (χ1v) is 4.01. The van der Waals surface area contributed by atoms with Crippen LogP contribution in [0.1, 0.15) is 35.7 Å². The van der Waals surface area contributed by atoms with E-state index in [9.17, 15) is 4.79 Å². The summed E-state index contributed by atoms with van der Waals surface area (Å²) in [6, 6.07) is 7.39. The molecular formula is C10H14LiNO. The minimum absolute atomic E-state index is 0. The van der Waals surface area contributed by atoms with E-state index in [1.54, 1.807) is 12.1 Å². The van der Waals surface area contributed by atoms with Crippen LogP contribution in [-0.4, -0.2) is 24.8 Å². The van der Waals surface area contributed by atoms with Crippen molar-refractivity contribution in [1.29, 1.82) is 0 Å². The topological polar surface area (TPSA) is 43.1 Å². The second-order valence-electron chi connectivity index (χ2n) is 3.14. The zero-order chi connectivity index (χ0) is 9.14. The molecule has 0 heterocycles. The molecular weight excluding hydrogens is 157 g/mol. The van der Waals surface area contributed by atoms with Crippen molar-refractivity contribution in [3.05, 3.63) is 35.4 Å². The van der Waals surface area contributed by atoms with E-state index >= 15 is 0 Å². The van der Waals surface area contributed by atoms with Gasteiger partial charge < -0.3 is 5.73 Å². The van der Waals surface area contributed by atoms with Crippen molar-refractivity contribution in [2.75, 3.05) is 0 Å². The standard InChI is InChI=1S/C10H13NO.Li.H/c1-7(2)8-3-5-9(6-4-8)10(11)12;;/h3-7H,1-2H3,(H2,11,12);;. The van der Waals surface area contributed by atoms with E-state index < -0.39 is 0 Å². The summed E-state index contributed by atoms with van der Waals surface area (Å²) >= 11 is 0. The molecule has 1 aromatic rings. The van der Waals surface area contributed by atoms with Crippen molar-refractivity contribution in [3.63, 3.8) is 0 Å². The molecule has 0 saturated heterocycles. The molecule has 0 fully saturated rings. The van der Waals surface area contributed by atoms with Crippen molar-refractivity contribution in [2.45, 2.75) is 19.8 Å². The average molecular weight is 171 g/mol. The van der Waals surface area contributed by atoms with E-state index in [0.717, 1.165) is 0 Å². The van der Waals surface area contributed by atoms with Gasteiger partial charge in [0.15, 0.2) is 0 Å². The fourth-order valence-corrected chi connectivity index (χ4v) is 1.03. The molecule has 0 spiro atoms. The van der Waals surface area contributed by atoms with Gasteiger partial charge >= 0.3 is 18.9 Å². The van der Waals surface area contributed by atoms with Gasteiger partial charge in [0, 0.05) is 5.56 Å². The molecule has 1 rings (SSSR count). The molecule has 3 heteroatoms. The Morgan fingerprint density at radius 1 is 1.23 bits per heavy atom. The number of nitrogens with two attached hydrogens (primary N) is 1. The number of hydrogen-bond donors (Lipinski definition) is 1. The summed E-state index contributed by atoms with van der Waals surface area (Å²) in [5, 5.41) is 0. The molecule has 1 amide bonds. The number of carbonyl (C=O) groups excluding carboxylic acids is 1. The third-order valence-electron chi connectivity index (χ3n) is 1.86. The van der Waals surface area contributed by atoms with Crippen LogP contribution >= 0.6 is 0 Å². The van der Waals surface area contributed by atoms with Crippen LogP contribution in [0.2, 0.25) is 0 Å². The summed E-state index contributed by atoms with van der Waals surface area (Å²) in [6.45, 7) is 4.22.